The lowest BCUT2D eigenvalue weighted by atomic mass is 10.00. The van der Waals surface area contributed by atoms with Gasteiger partial charge in [-0.05, 0) is 42.0 Å². The molecule has 208 valence electrons. The molecule has 0 aliphatic carbocycles. The van der Waals surface area contributed by atoms with E-state index >= 15 is 0 Å². The van der Waals surface area contributed by atoms with E-state index in [0.717, 1.165) is 0 Å². The van der Waals surface area contributed by atoms with Crippen molar-refractivity contribution >= 4 is 17.7 Å². The van der Waals surface area contributed by atoms with Crippen LogP contribution in [0.2, 0.25) is 0 Å². The van der Waals surface area contributed by atoms with Crippen LogP contribution in [0, 0.1) is 5.82 Å². The van der Waals surface area contributed by atoms with Crippen molar-refractivity contribution in [3.05, 3.63) is 87.6 Å². The number of amides is 3. The van der Waals surface area contributed by atoms with E-state index in [0.29, 0.717) is 29.8 Å². The van der Waals surface area contributed by atoms with Crippen molar-refractivity contribution in [3.8, 4) is 17.2 Å². The SMILES string of the molecule is COc1ccc2cc1OCC(=O)NCc1cc(F)cc(c1)O[C@@H]1CCN(C(=O)c3ccc(=O)[nH]c3)C[C@@H]1NC2=O. The van der Waals surface area contributed by atoms with E-state index in [-0.39, 0.29) is 48.2 Å². The van der Waals surface area contributed by atoms with Gasteiger partial charge in [-0.1, -0.05) is 0 Å². The first-order valence-electron chi connectivity index (χ1n) is 12.6. The van der Waals surface area contributed by atoms with Gasteiger partial charge in [0, 0.05) is 49.9 Å². The van der Waals surface area contributed by atoms with Crippen LogP contribution in [0.25, 0.3) is 0 Å². The molecule has 1 saturated heterocycles. The number of rotatable bonds is 2. The second kappa shape index (κ2) is 11.5. The number of fused-ring (bicyclic) bond motifs is 5. The molecule has 4 bridgehead atoms. The number of pyridine rings is 1. The van der Waals surface area contributed by atoms with Gasteiger partial charge in [-0.25, -0.2) is 4.39 Å². The number of hydrogen-bond donors (Lipinski definition) is 3. The van der Waals surface area contributed by atoms with Gasteiger partial charge in [-0.2, -0.15) is 0 Å². The Morgan fingerprint density at radius 2 is 1.95 bits per heavy atom. The van der Waals surface area contributed by atoms with Crippen molar-refractivity contribution < 1.29 is 33.0 Å². The van der Waals surface area contributed by atoms with Crippen LogP contribution in [0.15, 0.2) is 59.5 Å². The minimum absolute atomic E-state index is 0.0414. The van der Waals surface area contributed by atoms with Gasteiger partial charge >= 0.3 is 0 Å². The minimum atomic E-state index is -0.668. The van der Waals surface area contributed by atoms with Gasteiger partial charge in [0.1, 0.15) is 17.7 Å². The summed E-state index contributed by atoms with van der Waals surface area (Å²) in [6, 6.07) is 10.7. The van der Waals surface area contributed by atoms with E-state index in [9.17, 15) is 23.6 Å². The second-order valence-corrected chi connectivity index (χ2v) is 9.44. The number of methoxy groups -OCH3 is 1. The summed E-state index contributed by atoms with van der Waals surface area (Å²) in [5.74, 6) is -1.04. The van der Waals surface area contributed by atoms with E-state index in [4.69, 9.17) is 14.2 Å². The smallest absolute Gasteiger partial charge is 0.258 e. The molecule has 3 heterocycles. The minimum Gasteiger partial charge on any atom is -0.493 e. The van der Waals surface area contributed by atoms with Gasteiger partial charge in [0.2, 0.25) is 5.56 Å². The van der Waals surface area contributed by atoms with Gasteiger partial charge in [-0.3, -0.25) is 19.2 Å². The number of hydrogen-bond acceptors (Lipinski definition) is 7. The van der Waals surface area contributed by atoms with Crippen molar-refractivity contribution in [2.45, 2.75) is 25.1 Å². The summed E-state index contributed by atoms with van der Waals surface area (Å²) in [4.78, 5) is 54.4. The molecule has 2 aliphatic heterocycles. The quantitative estimate of drug-likeness (QED) is 0.441. The normalized spacial score (nSPS) is 19.3. The Kier molecular flexibility index (Phi) is 7.67. The Labute approximate surface area is 228 Å². The summed E-state index contributed by atoms with van der Waals surface area (Å²) in [6.07, 6.45) is 1.07. The third-order valence-electron chi connectivity index (χ3n) is 6.68. The first-order chi connectivity index (χ1) is 19.3. The van der Waals surface area contributed by atoms with Crippen LogP contribution < -0.4 is 30.4 Å². The average molecular weight is 551 g/mol. The predicted molar refractivity (Wildman–Crippen MR) is 140 cm³/mol. The van der Waals surface area contributed by atoms with Crippen LogP contribution in [0.4, 0.5) is 4.39 Å². The van der Waals surface area contributed by atoms with Crippen molar-refractivity contribution in [3.63, 3.8) is 0 Å². The monoisotopic (exact) mass is 550 g/mol. The predicted octanol–water partition coefficient (Wildman–Crippen LogP) is 1.62. The van der Waals surface area contributed by atoms with Crippen molar-refractivity contribution in [1.82, 2.24) is 20.5 Å². The van der Waals surface area contributed by atoms with Gasteiger partial charge in [0.05, 0.1) is 18.7 Å². The maximum absolute atomic E-state index is 14.4. The fourth-order valence-electron chi connectivity index (χ4n) is 4.66. The molecule has 12 heteroatoms. The topological polar surface area (TPSA) is 139 Å². The molecular weight excluding hydrogens is 523 g/mol. The van der Waals surface area contributed by atoms with E-state index in [1.165, 1.54) is 43.6 Å². The number of halogens is 1. The van der Waals surface area contributed by atoms with Gasteiger partial charge in [0.25, 0.3) is 17.7 Å². The summed E-state index contributed by atoms with van der Waals surface area (Å²) >= 11 is 0. The van der Waals surface area contributed by atoms with Gasteiger partial charge in [-0.15, -0.1) is 0 Å². The van der Waals surface area contributed by atoms with Crippen molar-refractivity contribution in [2.75, 3.05) is 26.8 Å². The second-order valence-electron chi connectivity index (χ2n) is 9.44. The largest absolute Gasteiger partial charge is 0.493 e. The summed E-state index contributed by atoms with van der Waals surface area (Å²) in [7, 11) is 1.44. The number of nitrogens with zero attached hydrogens (tertiary/aromatic N) is 1. The Balaban J connectivity index is 1.47. The first kappa shape index (κ1) is 26.7. The standard InChI is InChI=1S/C28H27FN4O7/c1-38-23-4-2-17-10-24(23)39-15-26(35)30-12-16-8-19(29)11-20(9-16)40-22-6-7-33(14-21(22)32-27(17)36)28(37)18-3-5-25(34)31-13-18/h2-5,8-11,13,21-22H,6-7,12,14-15H2,1H3,(H,30,35)(H,31,34)(H,32,36)/t21-,22+/m0/s1. The van der Waals surface area contributed by atoms with Crippen LogP contribution in [-0.4, -0.2) is 66.6 Å². The van der Waals surface area contributed by atoms with E-state index in [2.05, 4.69) is 15.6 Å². The molecule has 1 aromatic heterocycles. The fourth-order valence-corrected chi connectivity index (χ4v) is 4.66. The number of aromatic nitrogens is 1. The van der Waals surface area contributed by atoms with Crippen molar-refractivity contribution in [2.24, 2.45) is 0 Å². The summed E-state index contributed by atoms with van der Waals surface area (Å²) in [6.45, 7) is 0.0895. The number of carbonyl (C=O) groups excluding carboxylic acids is 3. The summed E-state index contributed by atoms with van der Waals surface area (Å²) in [5.41, 5.74) is 0.679. The zero-order valence-corrected chi connectivity index (χ0v) is 21.6. The first-order valence-corrected chi connectivity index (χ1v) is 12.6. The average Bonchev–Trinajstić information content (AvgIpc) is 2.95. The Hall–Kier alpha value is -4.87. The highest BCUT2D eigenvalue weighted by Crippen LogP contribution is 2.29. The van der Waals surface area contributed by atoms with Crippen LogP contribution in [0.5, 0.6) is 17.2 Å². The number of ether oxygens (including phenoxy) is 3. The van der Waals surface area contributed by atoms with Gasteiger partial charge in [0.15, 0.2) is 18.1 Å². The lowest BCUT2D eigenvalue weighted by Crippen LogP contribution is -2.58. The Bertz CT molecular complexity index is 1490. The highest BCUT2D eigenvalue weighted by Gasteiger charge is 2.35. The molecule has 3 N–H and O–H groups in total. The van der Waals surface area contributed by atoms with Crippen LogP contribution in [0.3, 0.4) is 0 Å². The molecule has 2 aliphatic rings. The summed E-state index contributed by atoms with van der Waals surface area (Å²) < 4.78 is 31.5. The number of benzene rings is 2. The highest BCUT2D eigenvalue weighted by atomic mass is 19.1. The van der Waals surface area contributed by atoms with Crippen LogP contribution in [-0.2, 0) is 11.3 Å². The Morgan fingerprint density at radius 1 is 1.10 bits per heavy atom. The molecule has 11 nitrogen and oxygen atoms in total. The van der Waals surface area contributed by atoms with Gasteiger partial charge < -0.3 is 34.7 Å². The van der Waals surface area contributed by atoms with E-state index < -0.39 is 29.8 Å². The molecule has 0 spiro atoms. The number of aromatic amines is 1. The lowest BCUT2D eigenvalue weighted by Gasteiger charge is -2.39. The molecule has 2 aromatic carbocycles. The molecule has 0 unspecified atom stereocenters. The molecule has 5 rings (SSSR count). The van der Waals surface area contributed by atoms with E-state index in [1.54, 1.807) is 23.1 Å². The number of piperidine rings is 1. The maximum atomic E-state index is 14.4. The number of carbonyl (C=O) groups is 3. The number of nitrogens with one attached hydrogen (secondary N) is 3. The fraction of sp³-hybridized carbons (Fsp3) is 0.286. The zero-order valence-electron chi connectivity index (χ0n) is 21.6. The third kappa shape index (κ3) is 6.06. The third-order valence-corrected chi connectivity index (χ3v) is 6.68. The molecule has 2 atom stereocenters. The lowest BCUT2D eigenvalue weighted by molar-refractivity contribution is -0.123. The molecule has 0 radical (unpaired) electrons. The molecule has 40 heavy (non-hydrogen) atoms. The van der Waals surface area contributed by atoms with Crippen LogP contribution in [0.1, 0.15) is 32.7 Å². The number of likely N-dealkylation sites (tertiary alicyclic amines) is 1. The molecular formula is C28H27FN4O7. The number of H-pyrrole nitrogens is 1. The van der Waals surface area contributed by atoms with Crippen LogP contribution >= 0.6 is 0 Å². The molecule has 1 fully saturated rings. The van der Waals surface area contributed by atoms with Crippen molar-refractivity contribution in [1.29, 1.82) is 0 Å². The maximum Gasteiger partial charge on any atom is 0.258 e. The molecule has 3 aromatic rings. The highest BCUT2D eigenvalue weighted by molar-refractivity contribution is 5.96. The zero-order chi connectivity index (χ0) is 28.2. The van der Waals surface area contributed by atoms with E-state index in [1.807, 2.05) is 0 Å². The molecule has 3 amide bonds. The summed E-state index contributed by atoms with van der Waals surface area (Å²) in [5, 5.41) is 5.61. The Morgan fingerprint density at radius 3 is 2.73 bits per heavy atom. The molecule has 0 saturated carbocycles.